The smallest absolute Gasteiger partial charge is 0.309 e. The maximum absolute atomic E-state index is 11.7. The topological polar surface area (TPSA) is 73.9 Å². The van der Waals surface area contributed by atoms with E-state index in [1.54, 1.807) is 14.2 Å². The van der Waals surface area contributed by atoms with Gasteiger partial charge >= 0.3 is 5.97 Å². The van der Waals surface area contributed by atoms with Gasteiger partial charge < -0.3 is 19.5 Å². The van der Waals surface area contributed by atoms with Crippen LogP contribution in [0.5, 0.6) is 11.5 Å². The van der Waals surface area contributed by atoms with Crippen LogP contribution in [-0.2, 0) is 20.7 Å². The highest BCUT2D eigenvalue weighted by Gasteiger charge is 2.40. The van der Waals surface area contributed by atoms with Crippen LogP contribution in [-0.4, -0.2) is 39.2 Å². The van der Waals surface area contributed by atoms with Gasteiger partial charge in [-0.2, -0.15) is 0 Å². The number of hydrogen-bond acceptors (Lipinski definition) is 5. The predicted octanol–water partition coefficient (Wildman–Crippen LogP) is 1.56. The minimum atomic E-state index is -0.285. The van der Waals surface area contributed by atoms with Crippen LogP contribution in [0.2, 0.25) is 0 Å². The maximum atomic E-state index is 11.7. The zero-order valence-corrected chi connectivity index (χ0v) is 13.8. The molecule has 126 valence electrons. The van der Waals surface area contributed by atoms with Gasteiger partial charge in [0.2, 0.25) is 0 Å². The molecule has 1 amide bonds. The summed E-state index contributed by atoms with van der Waals surface area (Å²) >= 11 is 0. The monoisotopic (exact) mass is 321 g/mol. The van der Waals surface area contributed by atoms with Crippen molar-refractivity contribution in [3.63, 3.8) is 0 Å². The number of methoxy groups -OCH3 is 2. The van der Waals surface area contributed by atoms with E-state index in [2.05, 4.69) is 5.32 Å². The summed E-state index contributed by atoms with van der Waals surface area (Å²) < 4.78 is 15.4. The number of rotatable bonds is 8. The van der Waals surface area contributed by atoms with E-state index in [4.69, 9.17) is 14.2 Å². The van der Waals surface area contributed by atoms with Crippen LogP contribution in [0.3, 0.4) is 0 Å². The van der Waals surface area contributed by atoms with Crippen molar-refractivity contribution in [2.75, 3.05) is 27.4 Å². The summed E-state index contributed by atoms with van der Waals surface area (Å²) in [4.78, 5) is 23.2. The molecule has 23 heavy (non-hydrogen) atoms. The van der Waals surface area contributed by atoms with Crippen LogP contribution in [0, 0.1) is 11.8 Å². The number of carbonyl (C=O) groups is 2. The van der Waals surface area contributed by atoms with Gasteiger partial charge in [-0.15, -0.1) is 0 Å². The van der Waals surface area contributed by atoms with E-state index in [1.807, 2.05) is 25.1 Å². The lowest BCUT2D eigenvalue weighted by atomic mass is 10.1. The number of nitrogens with one attached hydrogen (secondary N) is 1. The van der Waals surface area contributed by atoms with Gasteiger partial charge in [-0.05, 0) is 36.5 Å². The fraction of sp³-hybridized carbons (Fsp3) is 0.529. The Hall–Kier alpha value is -2.24. The van der Waals surface area contributed by atoms with E-state index in [1.165, 1.54) is 0 Å². The normalized spacial score (nSPS) is 18.9. The summed E-state index contributed by atoms with van der Waals surface area (Å²) in [6.07, 6.45) is 1.51. The lowest BCUT2D eigenvalue weighted by Crippen LogP contribution is -2.30. The number of carbonyl (C=O) groups excluding carboxylic acids is 2. The van der Waals surface area contributed by atoms with Crippen molar-refractivity contribution >= 4 is 11.9 Å². The summed E-state index contributed by atoms with van der Waals surface area (Å²) in [6, 6.07) is 5.62. The van der Waals surface area contributed by atoms with Crippen molar-refractivity contribution in [3.05, 3.63) is 23.8 Å². The molecule has 1 aromatic rings. The fourth-order valence-corrected chi connectivity index (χ4v) is 2.33. The fourth-order valence-electron chi connectivity index (χ4n) is 2.33. The standard InChI is InChI=1S/C17H23NO5/c1-11-8-13(11)17(20)23-10-16(19)18-7-6-12-4-5-14(21-2)15(9-12)22-3/h4-5,9,11,13H,6-8,10H2,1-3H3,(H,18,19)/t11-,13+/m1/s1. The molecule has 1 aromatic carbocycles. The second-order valence-corrected chi connectivity index (χ2v) is 5.72. The Morgan fingerprint density at radius 2 is 1.91 bits per heavy atom. The molecule has 0 aromatic heterocycles. The molecular weight excluding hydrogens is 298 g/mol. The third-order valence-corrected chi connectivity index (χ3v) is 3.94. The first-order valence-corrected chi connectivity index (χ1v) is 7.69. The van der Waals surface area contributed by atoms with Crippen molar-refractivity contribution in [2.24, 2.45) is 11.8 Å². The van der Waals surface area contributed by atoms with Gasteiger partial charge in [0.1, 0.15) is 0 Å². The van der Waals surface area contributed by atoms with Crippen LogP contribution in [0.1, 0.15) is 18.9 Å². The number of hydrogen-bond donors (Lipinski definition) is 1. The van der Waals surface area contributed by atoms with E-state index < -0.39 is 0 Å². The summed E-state index contributed by atoms with van der Waals surface area (Å²) in [6.45, 7) is 2.24. The molecule has 0 saturated heterocycles. The lowest BCUT2D eigenvalue weighted by Gasteiger charge is -2.10. The van der Waals surface area contributed by atoms with Gasteiger partial charge in [0, 0.05) is 6.54 Å². The highest BCUT2D eigenvalue weighted by atomic mass is 16.5. The van der Waals surface area contributed by atoms with Gasteiger partial charge in [0.25, 0.3) is 5.91 Å². The molecule has 2 atom stereocenters. The molecule has 1 aliphatic rings. The molecule has 6 heteroatoms. The van der Waals surface area contributed by atoms with Crippen LogP contribution < -0.4 is 14.8 Å². The average molecular weight is 321 g/mol. The maximum Gasteiger partial charge on any atom is 0.309 e. The van der Waals surface area contributed by atoms with E-state index >= 15 is 0 Å². The zero-order chi connectivity index (χ0) is 16.8. The number of ether oxygens (including phenoxy) is 3. The number of esters is 1. The minimum absolute atomic E-state index is 0.0189. The Bertz CT molecular complexity index is 572. The van der Waals surface area contributed by atoms with Crippen molar-refractivity contribution in [1.82, 2.24) is 5.32 Å². The van der Waals surface area contributed by atoms with Crippen LogP contribution in [0.4, 0.5) is 0 Å². The first-order chi connectivity index (χ1) is 11.0. The second kappa shape index (κ2) is 7.85. The van der Waals surface area contributed by atoms with Gasteiger partial charge in [0.05, 0.1) is 20.1 Å². The predicted molar refractivity (Wildman–Crippen MR) is 84.5 cm³/mol. The second-order valence-electron chi connectivity index (χ2n) is 5.72. The third-order valence-electron chi connectivity index (χ3n) is 3.94. The van der Waals surface area contributed by atoms with Crippen molar-refractivity contribution in [2.45, 2.75) is 19.8 Å². The molecular formula is C17H23NO5. The zero-order valence-electron chi connectivity index (χ0n) is 13.8. The van der Waals surface area contributed by atoms with Gasteiger partial charge in [-0.1, -0.05) is 13.0 Å². The molecule has 0 aliphatic heterocycles. The number of amides is 1. The SMILES string of the molecule is COc1ccc(CCNC(=O)COC(=O)[C@H]2C[C@H]2C)cc1OC. The molecule has 0 spiro atoms. The first kappa shape index (κ1) is 17.1. The van der Waals surface area contributed by atoms with Gasteiger partial charge in [-0.25, -0.2) is 0 Å². The van der Waals surface area contributed by atoms with E-state index in [-0.39, 0.29) is 24.4 Å². The van der Waals surface area contributed by atoms with E-state index in [9.17, 15) is 9.59 Å². The first-order valence-electron chi connectivity index (χ1n) is 7.69. The Labute approximate surface area is 136 Å². The van der Waals surface area contributed by atoms with E-state index in [0.717, 1.165) is 12.0 Å². The Morgan fingerprint density at radius 1 is 1.22 bits per heavy atom. The minimum Gasteiger partial charge on any atom is -0.493 e. The molecule has 1 N–H and O–H groups in total. The van der Waals surface area contributed by atoms with Gasteiger partial charge in [0.15, 0.2) is 18.1 Å². The molecule has 0 radical (unpaired) electrons. The molecule has 1 fully saturated rings. The number of benzene rings is 1. The quantitative estimate of drug-likeness (QED) is 0.736. The summed E-state index contributed by atoms with van der Waals surface area (Å²) in [5.41, 5.74) is 1.02. The summed E-state index contributed by atoms with van der Waals surface area (Å²) in [5, 5.41) is 2.73. The largest absolute Gasteiger partial charge is 0.493 e. The molecule has 6 nitrogen and oxygen atoms in total. The molecule has 2 rings (SSSR count). The lowest BCUT2D eigenvalue weighted by molar-refractivity contribution is -0.150. The molecule has 0 heterocycles. The summed E-state index contributed by atoms with van der Waals surface area (Å²) in [7, 11) is 3.17. The van der Waals surface area contributed by atoms with E-state index in [0.29, 0.717) is 30.4 Å². The third kappa shape index (κ3) is 4.87. The van der Waals surface area contributed by atoms with Gasteiger partial charge in [-0.3, -0.25) is 9.59 Å². The van der Waals surface area contributed by atoms with Crippen molar-refractivity contribution in [3.8, 4) is 11.5 Å². The van der Waals surface area contributed by atoms with Crippen molar-refractivity contribution in [1.29, 1.82) is 0 Å². The Kier molecular flexibility index (Phi) is 5.84. The highest BCUT2D eigenvalue weighted by Crippen LogP contribution is 2.38. The molecule has 1 aliphatic carbocycles. The van der Waals surface area contributed by atoms with Crippen LogP contribution >= 0.6 is 0 Å². The highest BCUT2D eigenvalue weighted by molar-refractivity contribution is 5.82. The van der Waals surface area contributed by atoms with Crippen LogP contribution in [0.15, 0.2) is 18.2 Å². The molecule has 1 saturated carbocycles. The summed E-state index contributed by atoms with van der Waals surface area (Å²) in [5.74, 6) is 1.13. The van der Waals surface area contributed by atoms with Crippen LogP contribution in [0.25, 0.3) is 0 Å². The Morgan fingerprint density at radius 3 is 2.52 bits per heavy atom. The molecule has 0 bridgehead atoms. The molecule has 0 unspecified atom stereocenters. The van der Waals surface area contributed by atoms with Crippen molar-refractivity contribution < 1.29 is 23.8 Å². The Balaban J connectivity index is 1.69. The average Bonchev–Trinajstić information content (AvgIpc) is 3.29.